The van der Waals surface area contributed by atoms with E-state index in [2.05, 4.69) is 143 Å². The Labute approximate surface area is 237 Å². The summed E-state index contributed by atoms with van der Waals surface area (Å²) in [6.45, 7) is 8.40. The zero-order chi connectivity index (χ0) is 27.5. The SMILES string of the molecule is CC1(C)OB(c2ccc(-c3c(-c4ccccc4)cc4c(c3-c3ccccc3)Cc3ccccc3-4)cc2)OC1(C)C. The highest BCUT2D eigenvalue weighted by Gasteiger charge is 2.51. The van der Waals surface area contributed by atoms with Gasteiger partial charge in [0.2, 0.25) is 0 Å². The van der Waals surface area contributed by atoms with Crippen molar-refractivity contribution >= 4 is 12.6 Å². The summed E-state index contributed by atoms with van der Waals surface area (Å²) in [5.74, 6) is 0. The van der Waals surface area contributed by atoms with Gasteiger partial charge in [-0.2, -0.15) is 0 Å². The molecule has 1 saturated heterocycles. The molecule has 1 fully saturated rings. The van der Waals surface area contributed by atoms with Crippen LogP contribution in [0.1, 0.15) is 38.8 Å². The molecule has 3 heteroatoms. The fourth-order valence-electron chi connectivity index (χ4n) is 6.13. The standard InChI is InChI=1S/C37H33BO2/c1-36(2)37(3,4)40-38(39-36)29-21-19-27(20-22-29)34-31(25-13-7-5-8-14-25)24-32-30-18-12-11-17-28(30)23-33(32)35(34)26-15-9-6-10-16-26/h5-22,24H,23H2,1-4H3. The maximum atomic E-state index is 6.36. The van der Waals surface area contributed by atoms with Crippen LogP contribution < -0.4 is 5.46 Å². The molecule has 2 aliphatic rings. The molecule has 0 radical (unpaired) electrons. The number of fused-ring (bicyclic) bond motifs is 3. The van der Waals surface area contributed by atoms with Crippen molar-refractivity contribution in [2.75, 3.05) is 0 Å². The molecule has 5 aromatic rings. The molecule has 0 aromatic heterocycles. The summed E-state index contributed by atoms with van der Waals surface area (Å²) >= 11 is 0. The maximum Gasteiger partial charge on any atom is 0.494 e. The van der Waals surface area contributed by atoms with Crippen LogP contribution in [0.5, 0.6) is 0 Å². The van der Waals surface area contributed by atoms with Crippen molar-refractivity contribution < 1.29 is 9.31 Å². The minimum atomic E-state index is -0.379. The van der Waals surface area contributed by atoms with E-state index in [0.717, 1.165) is 11.9 Å². The summed E-state index contributed by atoms with van der Waals surface area (Å²) < 4.78 is 12.7. The normalized spacial score (nSPS) is 16.6. The van der Waals surface area contributed by atoms with Crippen molar-refractivity contribution in [3.05, 3.63) is 126 Å². The number of hydrogen-bond donors (Lipinski definition) is 0. The lowest BCUT2D eigenvalue weighted by Gasteiger charge is -2.32. The third kappa shape index (κ3) is 4.04. The highest BCUT2D eigenvalue weighted by Crippen LogP contribution is 2.50. The van der Waals surface area contributed by atoms with Gasteiger partial charge in [0, 0.05) is 0 Å². The smallest absolute Gasteiger partial charge is 0.399 e. The summed E-state index contributed by atoms with van der Waals surface area (Å²) in [6.07, 6.45) is 0.934. The average molecular weight is 520 g/mol. The molecule has 0 spiro atoms. The van der Waals surface area contributed by atoms with Crippen molar-refractivity contribution in [3.63, 3.8) is 0 Å². The van der Waals surface area contributed by atoms with E-state index >= 15 is 0 Å². The van der Waals surface area contributed by atoms with E-state index in [1.165, 1.54) is 55.6 Å². The van der Waals surface area contributed by atoms with Crippen LogP contribution in [0.25, 0.3) is 44.5 Å². The van der Waals surface area contributed by atoms with Crippen molar-refractivity contribution in [2.45, 2.75) is 45.3 Å². The number of rotatable bonds is 4. The monoisotopic (exact) mass is 520 g/mol. The van der Waals surface area contributed by atoms with Crippen LogP contribution in [0.15, 0.2) is 115 Å². The molecule has 1 aliphatic carbocycles. The summed E-state index contributed by atoms with van der Waals surface area (Å²) in [7, 11) is -0.379. The van der Waals surface area contributed by atoms with Gasteiger partial charge in [0.25, 0.3) is 0 Å². The lowest BCUT2D eigenvalue weighted by atomic mass is 9.77. The van der Waals surface area contributed by atoms with Crippen LogP contribution >= 0.6 is 0 Å². The molecule has 1 aliphatic heterocycles. The van der Waals surface area contributed by atoms with Crippen molar-refractivity contribution in [1.82, 2.24) is 0 Å². The Bertz CT molecular complexity index is 1690. The van der Waals surface area contributed by atoms with E-state index in [0.29, 0.717) is 0 Å². The molecule has 0 amide bonds. The third-order valence-electron chi connectivity index (χ3n) is 8.98. The summed E-state index contributed by atoms with van der Waals surface area (Å²) in [4.78, 5) is 0. The van der Waals surface area contributed by atoms with Crippen LogP contribution in [-0.4, -0.2) is 18.3 Å². The molecule has 0 atom stereocenters. The minimum absolute atomic E-state index is 0.369. The quantitative estimate of drug-likeness (QED) is 0.217. The first kappa shape index (κ1) is 25.1. The van der Waals surface area contributed by atoms with E-state index in [4.69, 9.17) is 9.31 Å². The Morgan fingerprint density at radius 2 is 1.07 bits per heavy atom. The molecule has 0 unspecified atom stereocenters. The van der Waals surface area contributed by atoms with Gasteiger partial charge in [-0.25, -0.2) is 0 Å². The van der Waals surface area contributed by atoms with Crippen LogP contribution in [0.3, 0.4) is 0 Å². The van der Waals surface area contributed by atoms with Gasteiger partial charge in [-0.3, -0.25) is 0 Å². The first-order valence-electron chi connectivity index (χ1n) is 14.2. The second-order valence-corrected chi connectivity index (χ2v) is 12.0. The van der Waals surface area contributed by atoms with Gasteiger partial charge in [-0.15, -0.1) is 0 Å². The first-order valence-corrected chi connectivity index (χ1v) is 14.2. The first-order chi connectivity index (χ1) is 19.3. The molecule has 0 N–H and O–H groups in total. The largest absolute Gasteiger partial charge is 0.494 e. The van der Waals surface area contributed by atoms with E-state index in [1.54, 1.807) is 0 Å². The zero-order valence-corrected chi connectivity index (χ0v) is 23.6. The highest BCUT2D eigenvalue weighted by atomic mass is 16.7. The van der Waals surface area contributed by atoms with Gasteiger partial charge in [0.1, 0.15) is 0 Å². The Morgan fingerprint density at radius 1 is 0.525 bits per heavy atom. The molecule has 1 heterocycles. The molecule has 7 rings (SSSR count). The van der Waals surface area contributed by atoms with Gasteiger partial charge in [0.05, 0.1) is 11.2 Å². The van der Waals surface area contributed by atoms with E-state index < -0.39 is 0 Å². The Hall–Kier alpha value is -3.92. The van der Waals surface area contributed by atoms with Gasteiger partial charge in [0.15, 0.2) is 0 Å². The molecule has 196 valence electrons. The summed E-state index contributed by atoms with van der Waals surface area (Å²) in [6, 6.07) is 41.7. The Kier molecular flexibility index (Phi) is 5.85. The maximum absolute atomic E-state index is 6.36. The fourth-order valence-corrected chi connectivity index (χ4v) is 6.13. The fraction of sp³-hybridized carbons (Fsp3) is 0.189. The van der Waals surface area contributed by atoms with Crippen molar-refractivity contribution in [3.8, 4) is 44.5 Å². The topological polar surface area (TPSA) is 18.5 Å². The van der Waals surface area contributed by atoms with E-state index in [9.17, 15) is 0 Å². The molecule has 0 saturated carbocycles. The van der Waals surface area contributed by atoms with Crippen LogP contribution in [-0.2, 0) is 15.7 Å². The van der Waals surface area contributed by atoms with Crippen LogP contribution in [0, 0.1) is 0 Å². The summed E-state index contributed by atoms with van der Waals surface area (Å²) in [5.41, 5.74) is 13.3. The zero-order valence-electron chi connectivity index (χ0n) is 23.6. The number of hydrogen-bond acceptors (Lipinski definition) is 2. The van der Waals surface area contributed by atoms with E-state index in [1.807, 2.05) is 0 Å². The lowest BCUT2D eigenvalue weighted by Crippen LogP contribution is -2.41. The molecular formula is C37H33BO2. The predicted octanol–water partition coefficient (Wildman–Crippen LogP) is 8.56. The van der Waals surface area contributed by atoms with E-state index in [-0.39, 0.29) is 18.3 Å². The van der Waals surface area contributed by atoms with Gasteiger partial charge in [-0.1, -0.05) is 109 Å². The summed E-state index contributed by atoms with van der Waals surface area (Å²) in [5, 5.41) is 0. The van der Waals surface area contributed by atoms with Gasteiger partial charge < -0.3 is 9.31 Å². The van der Waals surface area contributed by atoms with Crippen molar-refractivity contribution in [2.24, 2.45) is 0 Å². The third-order valence-corrected chi connectivity index (χ3v) is 8.98. The predicted molar refractivity (Wildman–Crippen MR) is 167 cm³/mol. The molecular weight excluding hydrogens is 487 g/mol. The van der Waals surface area contributed by atoms with Crippen LogP contribution in [0.4, 0.5) is 0 Å². The number of benzene rings is 5. The minimum Gasteiger partial charge on any atom is -0.399 e. The molecule has 2 nitrogen and oxygen atoms in total. The van der Waals surface area contributed by atoms with Crippen LogP contribution in [0.2, 0.25) is 0 Å². The van der Waals surface area contributed by atoms with Crippen molar-refractivity contribution in [1.29, 1.82) is 0 Å². The lowest BCUT2D eigenvalue weighted by molar-refractivity contribution is 0.00578. The second kappa shape index (κ2) is 9.33. The van der Waals surface area contributed by atoms with Gasteiger partial charge >= 0.3 is 7.12 Å². The molecule has 5 aromatic carbocycles. The second-order valence-electron chi connectivity index (χ2n) is 12.0. The average Bonchev–Trinajstić information content (AvgIpc) is 3.45. The molecule has 0 bridgehead atoms. The highest BCUT2D eigenvalue weighted by molar-refractivity contribution is 6.62. The molecule has 40 heavy (non-hydrogen) atoms. The Balaban J connectivity index is 1.45. The van der Waals surface area contributed by atoms with Gasteiger partial charge in [-0.05, 0) is 101 Å². The Morgan fingerprint density at radius 3 is 1.73 bits per heavy atom.